The third-order valence-electron chi connectivity index (χ3n) is 4.64. The highest BCUT2D eigenvalue weighted by atomic mass is 16.6. The molecule has 1 aromatic heterocycles. The van der Waals surface area contributed by atoms with Gasteiger partial charge >= 0.3 is 11.6 Å². The number of methoxy groups -OCH3 is 1. The largest absolute Gasteiger partial charge is 0.508 e. The minimum absolute atomic E-state index is 0.0122. The number of rotatable bonds is 4. The van der Waals surface area contributed by atoms with Crippen molar-refractivity contribution in [1.82, 2.24) is 0 Å². The molecule has 0 saturated carbocycles. The summed E-state index contributed by atoms with van der Waals surface area (Å²) >= 11 is 0. The van der Waals surface area contributed by atoms with Crippen LogP contribution in [0.15, 0.2) is 39.5 Å². The zero-order valence-electron chi connectivity index (χ0n) is 15.8. The molecule has 0 atom stereocenters. The van der Waals surface area contributed by atoms with Crippen LogP contribution in [0, 0.1) is 6.92 Å². The Bertz CT molecular complexity index is 1140. The fourth-order valence-corrected chi connectivity index (χ4v) is 3.15. The Kier molecular flexibility index (Phi) is 4.75. The molecule has 1 N–H and O–H groups in total. The van der Waals surface area contributed by atoms with Crippen LogP contribution in [0.5, 0.6) is 23.0 Å². The van der Waals surface area contributed by atoms with Gasteiger partial charge in [-0.3, -0.25) is 0 Å². The first-order chi connectivity index (χ1) is 14.0. The Hall–Kier alpha value is -3.68. The van der Waals surface area contributed by atoms with Crippen molar-refractivity contribution in [2.75, 3.05) is 20.3 Å². The standard InChI is InChI=1S/C21H18O8/c1-11-15(22)4-3-14-13(9-18(23)29-19(11)14)10-28-21(24)12-7-16(25-2)20-17(8-12)26-5-6-27-20/h3-4,7-9,22H,5-6,10H2,1-2H3. The molecule has 29 heavy (non-hydrogen) atoms. The Balaban J connectivity index is 1.62. The van der Waals surface area contributed by atoms with E-state index in [-0.39, 0.29) is 23.5 Å². The van der Waals surface area contributed by atoms with Crippen LogP contribution in [0.3, 0.4) is 0 Å². The number of hydrogen-bond acceptors (Lipinski definition) is 8. The van der Waals surface area contributed by atoms with Gasteiger partial charge in [-0.2, -0.15) is 0 Å². The summed E-state index contributed by atoms with van der Waals surface area (Å²) in [7, 11) is 1.47. The second-order valence-corrected chi connectivity index (χ2v) is 6.46. The smallest absolute Gasteiger partial charge is 0.338 e. The van der Waals surface area contributed by atoms with Crippen LogP contribution < -0.4 is 19.8 Å². The molecule has 150 valence electrons. The van der Waals surface area contributed by atoms with Crippen LogP contribution in [-0.4, -0.2) is 31.4 Å². The van der Waals surface area contributed by atoms with Crippen molar-refractivity contribution in [3.63, 3.8) is 0 Å². The molecule has 0 amide bonds. The molecular formula is C21H18O8. The quantitative estimate of drug-likeness (QED) is 0.528. The first-order valence-corrected chi connectivity index (χ1v) is 8.88. The van der Waals surface area contributed by atoms with E-state index >= 15 is 0 Å². The Morgan fingerprint density at radius 1 is 1.17 bits per heavy atom. The number of carbonyl (C=O) groups is 1. The maximum absolute atomic E-state index is 12.6. The molecule has 1 aliphatic rings. The highest BCUT2D eigenvalue weighted by molar-refractivity contribution is 5.91. The predicted molar refractivity (Wildman–Crippen MR) is 102 cm³/mol. The minimum Gasteiger partial charge on any atom is -0.508 e. The van der Waals surface area contributed by atoms with Crippen molar-refractivity contribution < 1.29 is 33.3 Å². The number of carbonyl (C=O) groups excluding carboxylic acids is 1. The van der Waals surface area contributed by atoms with Crippen LogP contribution in [0.25, 0.3) is 11.0 Å². The third kappa shape index (κ3) is 3.44. The van der Waals surface area contributed by atoms with E-state index in [1.54, 1.807) is 13.0 Å². The number of phenols is 1. The maximum atomic E-state index is 12.6. The first kappa shape index (κ1) is 18.7. The van der Waals surface area contributed by atoms with Crippen LogP contribution in [-0.2, 0) is 11.3 Å². The number of ether oxygens (including phenoxy) is 4. The zero-order valence-corrected chi connectivity index (χ0v) is 15.8. The van der Waals surface area contributed by atoms with Gasteiger partial charge in [-0.1, -0.05) is 0 Å². The van der Waals surface area contributed by atoms with Gasteiger partial charge < -0.3 is 28.5 Å². The number of phenolic OH excluding ortho intramolecular Hbond substituents is 1. The fourth-order valence-electron chi connectivity index (χ4n) is 3.15. The highest BCUT2D eigenvalue weighted by Crippen LogP contribution is 2.40. The monoisotopic (exact) mass is 398 g/mol. The minimum atomic E-state index is -0.614. The van der Waals surface area contributed by atoms with Crippen molar-refractivity contribution >= 4 is 16.9 Å². The number of benzene rings is 2. The number of hydrogen-bond donors (Lipinski definition) is 1. The second kappa shape index (κ2) is 7.38. The predicted octanol–water partition coefficient (Wildman–Crippen LogP) is 2.94. The molecule has 0 radical (unpaired) electrons. The molecule has 0 spiro atoms. The van der Waals surface area contributed by atoms with E-state index in [1.807, 2.05) is 0 Å². The van der Waals surface area contributed by atoms with Gasteiger partial charge in [0.1, 0.15) is 31.2 Å². The van der Waals surface area contributed by atoms with Gasteiger partial charge in [0.15, 0.2) is 11.5 Å². The number of fused-ring (bicyclic) bond motifs is 2. The molecule has 1 aliphatic heterocycles. The van der Waals surface area contributed by atoms with E-state index in [2.05, 4.69) is 0 Å². The molecule has 0 unspecified atom stereocenters. The lowest BCUT2D eigenvalue weighted by atomic mass is 10.1. The Labute approximate surface area is 165 Å². The van der Waals surface area contributed by atoms with E-state index in [0.717, 1.165) is 0 Å². The first-order valence-electron chi connectivity index (χ1n) is 8.88. The molecule has 8 heteroatoms. The van der Waals surface area contributed by atoms with E-state index < -0.39 is 11.6 Å². The molecule has 0 aliphatic carbocycles. The average molecular weight is 398 g/mol. The van der Waals surface area contributed by atoms with Crippen LogP contribution in [0.4, 0.5) is 0 Å². The van der Waals surface area contributed by atoms with Gasteiger partial charge in [0.2, 0.25) is 5.75 Å². The van der Waals surface area contributed by atoms with E-state index in [9.17, 15) is 14.7 Å². The summed E-state index contributed by atoms with van der Waals surface area (Å²) in [5.41, 5.74) is 0.788. The van der Waals surface area contributed by atoms with Crippen molar-refractivity contribution in [3.05, 3.63) is 57.4 Å². The summed E-state index contributed by atoms with van der Waals surface area (Å²) in [5.74, 6) is 0.609. The molecule has 0 bridgehead atoms. The molecule has 2 aromatic carbocycles. The fraction of sp³-hybridized carbons (Fsp3) is 0.238. The van der Waals surface area contributed by atoms with Gasteiger partial charge in [-0.05, 0) is 31.2 Å². The van der Waals surface area contributed by atoms with Crippen LogP contribution in [0.1, 0.15) is 21.5 Å². The third-order valence-corrected chi connectivity index (χ3v) is 4.64. The topological polar surface area (TPSA) is 104 Å². The summed E-state index contributed by atoms with van der Waals surface area (Å²) < 4.78 is 26.9. The summed E-state index contributed by atoms with van der Waals surface area (Å²) in [6.07, 6.45) is 0. The summed E-state index contributed by atoms with van der Waals surface area (Å²) in [6.45, 7) is 2.25. The van der Waals surface area contributed by atoms with Gasteiger partial charge in [0, 0.05) is 22.6 Å². The molecule has 4 rings (SSSR count). The van der Waals surface area contributed by atoms with E-state index in [1.165, 1.54) is 31.4 Å². The van der Waals surface area contributed by atoms with Crippen molar-refractivity contribution in [2.45, 2.75) is 13.5 Å². The molecule has 0 fully saturated rings. The number of aromatic hydroxyl groups is 1. The van der Waals surface area contributed by atoms with Crippen LogP contribution >= 0.6 is 0 Å². The highest BCUT2D eigenvalue weighted by Gasteiger charge is 2.22. The summed E-state index contributed by atoms with van der Waals surface area (Å²) in [4.78, 5) is 24.5. The normalized spacial score (nSPS) is 12.6. The van der Waals surface area contributed by atoms with Gasteiger partial charge in [-0.15, -0.1) is 0 Å². The molecule has 2 heterocycles. The van der Waals surface area contributed by atoms with Crippen LogP contribution in [0.2, 0.25) is 0 Å². The summed E-state index contributed by atoms with van der Waals surface area (Å²) in [6, 6.07) is 7.40. The van der Waals surface area contributed by atoms with Gasteiger partial charge in [0.25, 0.3) is 0 Å². The average Bonchev–Trinajstić information content (AvgIpc) is 2.73. The van der Waals surface area contributed by atoms with E-state index in [4.69, 9.17) is 23.4 Å². The lowest BCUT2D eigenvalue weighted by Crippen LogP contribution is -2.17. The lowest BCUT2D eigenvalue weighted by molar-refractivity contribution is 0.0472. The Morgan fingerprint density at radius 2 is 1.97 bits per heavy atom. The number of aryl methyl sites for hydroxylation is 1. The molecule has 0 saturated heterocycles. The Morgan fingerprint density at radius 3 is 2.76 bits per heavy atom. The number of esters is 1. The molecular weight excluding hydrogens is 380 g/mol. The second-order valence-electron chi connectivity index (χ2n) is 6.46. The molecule has 8 nitrogen and oxygen atoms in total. The maximum Gasteiger partial charge on any atom is 0.338 e. The van der Waals surface area contributed by atoms with Crippen molar-refractivity contribution in [2.24, 2.45) is 0 Å². The SMILES string of the molecule is COc1cc(C(=O)OCc2cc(=O)oc3c(C)c(O)ccc23)cc2c1OCCO2. The van der Waals surface area contributed by atoms with Gasteiger partial charge in [0.05, 0.1) is 12.7 Å². The molecule has 3 aromatic rings. The van der Waals surface area contributed by atoms with Crippen molar-refractivity contribution in [1.29, 1.82) is 0 Å². The lowest BCUT2D eigenvalue weighted by Gasteiger charge is -2.21. The zero-order chi connectivity index (χ0) is 20.5. The van der Waals surface area contributed by atoms with Gasteiger partial charge in [-0.25, -0.2) is 9.59 Å². The van der Waals surface area contributed by atoms with Crippen molar-refractivity contribution in [3.8, 4) is 23.0 Å². The van der Waals surface area contributed by atoms with E-state index in [0.29, 0.717) is 47.0 Å². The summed E-state index contributed by atoms with van der Waals surface area (Å²) in [5, 5.41) is 10.4.